The van der Waals surface area contributed by atoms with Crippen molar-refractivity contribution in [1.29, 1.82) is 0 Å². The summed E-state index contributed by atoms with van der Waals surface area (Å²) in [6.07, 6.45) is 1.81. The number of methoxy groups -OCH3 is 1. The van der Waals surface area contributed by atoms with Crippen LogP contribution < -0.4 is 0 Å². The normalized spacial score (nSPS) is 26.5. The Hall–Kier alpha value is 0.160. The summed E-state index contributed by atoms with van der Waals surface area (Å²) in [5.41, 5.74) is 0. The smallest absolute Gasteiger partial charge is 0.235 e. The van der Waals surface area contributed by atoms with Gasteiger partial charge in [-0.15, -0.1) is 0 Å². The summed E-state index contributed by atoms with van der Waals surface area (Å²) >= 11 is 0. The summed E-state index contributed by atoms with van der Waals surface area (Å²) in [6, 6.07) is 0. The Balaban J connectivity index is 2.57. The van der Waals surface area contributed by atoms with E-state index < -0.39 is 9.05 Å². The SMILES string of the molecule is COC(CS(=O)(=O)Cl)C1CCCN(C)C1. The number of ether oxygens (including phenoxy) is 1. The Kier molecular flexibility index (Phi) is 4.83. The van der Waals surface area contributed by atoms with E-state index in [1.165, 1.54) is 0 Å². The molecule has 0 radical (unpaired) electrons. The maximum Gasteiger partial charge on any atom is 0.235 e. The van der Waals surface area contributed by atoms with Crippen LogP contribution in [0.1, 0.15) is 12.8 Å². The molecule has 0 bridgehead atoms. The molecule has 2 unspecified atom stereocenters. The van der Waals surface area contributed by atoms with E-state index >= 15 is 0 Å². The number of rotatable bonds is 4. The van der Waals surface area contributed by atoms with Gasteiger partial charge in [0.2, 0.25) is 9.05 Å². The lowest BCUT2D eigenvalue weighted by atomic mass is 9.93. The first-order valence-corrected chi connectivity index (χ1v) is 7.54. The molecule has 1 rings (SSSR count). The third-order valence-electron chi connectivity index (χ3n) is 2.85. The van der Waals surface area contributed by atoms with Crippen molar-refractivity contribution in [3.05, 3.63) is 0 Å². The van der Waals surface area contributed by atoms with Crippen LogP contribution in [0.2, 0.25) is 0 Å². The summed E-state index contributed by atoms with van der Waals surface area (Å²) in [5.74, 6) is 0.172. The molecular weight excluding hydrogens is 238 g/mol. The molecule has 0 saturated carbocycles. The van der Waals surface area contributed by atoms with Gasteiger partial charge in [-0.1, -0.05) is 0 Å². The highest BCUT2D eigenvalue weighted by Gasteiger charge is 2.29. The van der Waals surface area contributed by atoms with Gasteiger partial charge in [0, 0.05) is 24.3 Å². The fourth-order valence-corrected chi connectivity index (χ4v) is 3.28. The zero-order chi connectivity index (χ0) is 11.5. The minimum atomic E-state index is -3.47. The summed E-state index contributed by atoms with van der Waals surface area (Å²) in [4.78, 5) is 2.20. The Bertz CT molecular complexity index is 294. The second-order valence-corrected chi connectivity index (χ2v) is 6.97. The predicted octanol–water partition coefficient (Wildman–Crippen LogP) is 0.912. The lowest BCUT2D eigenvalue weighted by Gasteiger charge is -2.33. The number of likely N-dealkylation sites (tertiary alicyclic amines) is 1. The largest absolute Gasteiger partial charge is 0.380 e. The van der Waals surface area contributed by atoms with Gasteiger partial charge in [0.25, 0.3) is 0 Å². The van der Waals surface area contributed by atoms with Crippen molar-refractivity contribution in [3.63, 3.8) is 0 Å². The predicted molar refractivity (Wildman–Crippen MR) is 60.7 cm³/mol. The molecule has 1 saturated heterocycles. The van der Waals surface area contributed by atoms with Crippen LogP contribution in [0, 0.1) is 5.92 Å². The van der Waals surface area contributed by atoms with Crippen molar-refractivity contribution in [3.8, 4) is 0 Å². The molecule has 0 spiro atoms. The lowest BCUT2D eigenvalue weighted by Crippen LogP contribution is -2.41. The molecule has 0 aliphatic carbocycles. The highest BCUT2D eigenvalue weighted by molar-refractivity contribution is 8.13. The molecule has 15 heavy (non-hydrogen) atoms. The highest BCUT2D eigenvalue weighted by Crippen LogP contribution is 2.22. The first-order chi connectivity index (χ1) is 6.92. The van der Waals surface area contributed by atoms with Gasteiger partial charge in [-0.3, -0.25) is 0 Å². The van der Waals surface area contributed by atoms with Crippen molar-refractivity contribution < 1.29 is 13.2 Å². The monoisotopic (exact) mass is 255 g/mol. The average Bonchev–Trinajstić information content (AvgIpc) is 2.13. The van der Waals surface area contributed by atoms with E-state index in [0.29, 0.717) is 0 Å². The summed E-state index contributed by atoms with van der Waals surface area (Å²) < 4.78 is 27.2. The topological polar surface area (TPSA) is 46.6 Å². The van der Waals surface area contributed by atoms with Gasteiger partial charge in [0.1, 0.15) is 0 Å². The van der Waals surface area contributed by atoms with E-state index in [-0.39, 0.29) is 17.8 Å². The van der Waals surface area contributed by atoms with Crippen LogP contribution in [0.4, 0.5) is 0 Å². The zero-order valence-electron chi connectivity index (χ0n) is 9.15. The van der Waals surface area contributed by atoms with Crippen molar-refractivity contribution in [2.75, 3.05) is 33.0 Å². The molecule has 1 heterocycles. The molecule has 4 nitrogen and oxygen atoms in total. The first-order valence-electron chi connectivity index (χ1n) is 5.06. The van der Waals surface area contributed by atoms with Gasteiger partial charge in [-0.05, 0) is 32.4 Å². The first kappa shape index (κ1) is 13.2. The second kappa shape index (κ2) is 5.48. The van der Waals surface area contributed by atoms with E-state index in [2.05, 4.69) is 4.90 Å². The number of hydrogen-bond donors (Lipinski definition) is 0. The molecule has 1 aliphatic heterocycles. The molecular formula is C9H18ClNO3S. The Labute approximate surface area is 96.0 Å². The van der Waals surface area contributed by atoms with Crippen molar-refractivity contribution in [2.45, 2.75) is 18.9 Å². The maximum absolute atomic E-state index is 11.0. The van der Waals surface area contributed by atoms with E-state index in [1.807, 2.05) is 7.05 Å². The van der Waals surface area contributed by atoms with Crippen LogP contribution in [0.25, 0.3) is 0 Å². The number of halogens is 1. The second-order valence-electron chi connectivity index (χ2n) is 4.14. The highest BCUT2D eigenvalue weighted by atomic mass is 35.7. The molecule has 2 atom stereocenters. The molecule has 1 aliphatic rings. The molecule has 6 heteroatoms. The van der Waals surface area contributed by atoms with Crippen LogP contribution in [0.3, 0.4) is 0 Å². The quantitative estimate of drug-likeness (QED) is 0.701. The zero-order valence-corrected chi connectivity index (χ0v) is 10.7. The van der Waals surface area contributed by atoms with Crippen LogP contribution in [0.15, 0.2) is 0 Å². The Morgan fingerprint density at radius 3 is 2.73 bits per heavy atom. The van der Waals surface area contributed by atoms with Gasteiger partial charge in [-0.2, -0.15) is 0 Å². The molecule has 0 amide bonds. The van der Waals surface area contributed by atoms with Crippen molar-refractivity contribution in [1.82, 2.24) is 4.90 Å². The molecule has 0 N–H and O–H groups in total. The van der Waals surface area contributed by atoms with Crippen LogP contribution in [0.5, 0.6) is 0 Å². The van der Waals surface area contributed by atoms with Gasteiger partial charge in [0.15, 0.2) is 0 Å². The van der Waals surface area contributed by atoms with E-state index in [1.54, 1.807) is 7.11 Å². The lowest BCUT2D eigenvalue weighted by molar-refractivity contribution is 0.0358. The van der Waals surface area contributed by atoms with Gasteiger partial charge >= 0.3 is 0 Å². The summed E-state index contributed by atoms with van der Waals surface area (Å²) in [5, 5.41) is 0. The van der Waals surface area contributed by atoms with Crippen LogP contribution >= 0.6 is 10.7 Å². The fourth-order valence-electron chi connectivity index (χ4n) is 2.10. The summed E-state index contributed by atoms with van der Waals surface area (Å²) in [7, 11) is 5.35. The maximum atomic E-state index is 11.0. The molecule has 1 fully saturated rings. The Morgan fingerprint density at radius 2 is 2.27 bits per heavy atom. The molecule has 90 valence electrons. The van der Waals surface area contributed by atoms with E-state index in [4.69, 9.17) is 15.4 Å². The van der Waals surface area contributed by atoms with Crippen LogP contribution in [-0.4, -0.2) is 52.4 Å². The van der Waals surface area contributed by atoms with E-state index in [0.717, 1.165) is 25.9 Å². The van der Waals surface area contributed by atoms with Gasteiger partial charge in [0.05, 0.1) is 11.9 Å². The van der Waals surface area contributed by atoms with Crippen molar-refractivity contribution in [2.24, 2.45) is 5.92 Å². The Morgan fingerprint density at radius 1 is 1.60 bits per heavy atom. The average molecular weight is 256 g/mol. The molecule has 0 aromatic heterocycles. The fraction of sp³-hybridized carbons (Fsp3) is 1.00. The van der Waals surface area contributed by atoms with E-state index in [9.17, 15) is 8.42 Å². The standard InChI is InChI=1S/C9H18ClNO3S/c1-11-5-3-4-8(6-11)9(14-2)7-15(10,12)13/h8-9H,3-7H2,1-2H3. The number of piperidine rings is 1. The molecule has 0 aromatic carbocycles. The minimum Gasteiger partial charge on any atom is -0.380 e. The van der Waals surface area contributed by atoms with Crippen LogP contribution in [-0.2, 0) is 13.8 Å². The number of nitrogens with zero attached hydrogens (tertiary/aromatic N) is 1. The van der Waals surface area contributed by atoms with Gasteiger partial charge in [-0.25, -0.2) is 8.42 Å². The van der Waals surface area contributed by atoms with Crippen molar-refractivity contribution >= 4 is 19.7 Å². The minimum absolute atomic E-state index is 0.0937. The molecule has 0 aromatic rings. The number of hydrogen-bond acceptors (Lipinski definition) is 4. The third kappa shape index (κ3) is 4.68. The summed E-state index contributed by atoms with van der Waals surface area (Å²) in [6.45, 7) is 1.95. The van der Waals surface area contributed by atoms with Gasteiger partial charge < -0.3 is 9.64 Å². The third-order valence-corrected chi connectivity index (χ3v) is 3.96.